The third-order valence-corrected chi connectivity index (χ3v) is 6.33. The Morgan fingerprint density at radius 1 is 1.17 bits per heavy atom. The van der Waals surface area contributed by atoms with Crippen molar-refractivity contribution in [3.8, 4) is 11.5 Å². The van der Waals surface area contributed by atoms with Gasteiger partial charge in [-0.15, -0.1) is 0 Å². The average Bonchev–Trinajstić information content (AvgIpc) is 3.63. The number of furan rings is 1. The molecule has 36 heavy (non-hydrogen) atoms. The number of aromatic nitrogens is 2. The number of methoxy groups -OCH3 is 2. The topological polar surface area (TPSA) is 112 Å². The highest BCUT2D eigenvalue weighted by Crippen LogP contribution is 2.43. The number of ether oxygens (including phenoxy) is 2. The van der Waals surface area contributed by atoms with Gasteiger partial charge in [0.2, 0.25) is 18.0 Å². The molecule has 5 rings (SSSR count). The minimum atomic E-state index is -0.952. The number of amides is 1. The molecule has 0 aliphatic carbocycles. The van der Waals surface area contributed by atoms with Crippen molar-refractivity contribution in [3.05, 3.63) is 89.9 Å². The van der Waals surface area contributed by atoms with E-state index in [2.05, 4.69) is 4.98 Å². The van der Waals surface area contributed by atoms with Crippen molar-refractivity contribution in [1.82, 2.24) is 9.88 Å². The Bertz CT molecular complexity index is 1420. The highest BCUT2D eigenvalue weighted by Gasteiger charge is 2.41. The fourth-order valence-electron chi connectivity index (χ4n) is 4.59. The number of aryl methyl sites for hydroxylation is 1. The van der Waals surface area contributed by atoms with Crippen LogP contribution in [0.3, 0.4) is 0 Å². The first-order chi connectivity index (χ1) is 17.5. The Labute approximate surface area is 207 Å². The highest BCUT2D eigenvalue weighted by atomic mass is 16.5. The number of hydrogen-bond acceptors (Lipinski definition) is 6. The first kappa shape index (κ1) is 23.2. The summed E-state index contributed by atoms with van der Waals surface area (Å²) in [5, 5.41) is 14.0. The second-order valence-corrected chi connectivity index (χ2v) is 8.43. The first-order valence-electron chi connectivity index (χ1n) is 11.5. The van der Waals surface area contributed by atoms with Crippen molar-refractivity contribution >= 4 is 22.7 Å². The zero-order valence-corrected chi connectivity index (χ0v) is 19.9. The van der Waals surface area contributed by atoms with Crippen molar-refractivity contribution in [2.45, 2.75) is 19.0 Å². The van der Waals surface area contributed by atoms with Crippen LogP contribution in [0.5, 0.6) is 11.5 Å². The molecule has 4 aromatic rings. The summed E-state index contributed by atoms with van der Waals surface area (Å²) in [5.41, 5.74) is 0.846. The summed E-state index contributed by atoms with van der Waals surface area (Å²) < 4.78 is 18.6. The lowest BCUT2D eigenvalue weighted by Gasteiger charge is -2.28. The van der Waals surface area contributed by atoms with Gasteiger partial charge in [-0.1, -0.05) is 18.2 Å². The van der Waals surface area contributed by atoms with E-state index in [9.17, 15) is 14.7 Å². The van der Waals surface area contributed by atoms with Crippen molar-refractivity contribution in [3.63, 3.8) is 0 Å². The van der Waals surface area contributed by atoms with Gasteiger partial charge in [0.1, 0.15) is 29.5 Å². The fourth-order valence-corrected chi connectivity index (χ4v) is 4.59. The lowest BCUT2D eigenvalue weighted by Crippen LogP contribution is -2.37. The molecule has 184 valence electrons. The average molecular weight is 488 g/mol. The minimum absolute atomic E-state index is 0.00365. The molecule has 1 amide bonds. The number of rotatable bonds is 9. The molecule has 0 saturated carbocycles. The predicted octanol–water partition coefficient (Wildman–Crippen LogP) is 2.54. The summed E-state index contributed by atoms with van der Waals surface area (Å²) in [7, 11) is 3.02. The van der Waals surface area contributed by atoms with E-state index in [1.54, 1.807) is 42.6 Å². The number of ketones is 1. The van der Waals surface area contributed by atoms with Crippen LogP contribution in [0.4, 0.5) is 0 Å². The van der Waals surface area contributed by atoms with E-state index < -0.39 is 23.5 Å². The number of carbonyl (C=O) groups is 2. The smallest absolute Gasteiger partial charge is 0.241 e. The number of fused-ring (bicyclic) bond motifs is 1. The summed E-state index contributed by atoms with van der Waals surface area (Å²) in [4.78, 5) is 31.4. The molecule has 2 aromatic heterocycles. The van der Waals surface area contributed by atoms with Crippen LogP contribution in [0.2, 0.25) is 0 Å². The van der Waals surface area contributed by atoms with Crippen LogP contribution in [0.25, 0.3) is 11.0 Å². The number of benzene rings is 2. The third-order valence-electron chi connectivity index (χ3n) is 6.33. The maximum atomic E-state index is 13.7. The molecule has 1 atom stereocenters. The molecular formula is C27H25N3O6. The van der Waals surface area contributed by atoms with E-state index in [0.29, 0.717) is 35.6 Å². The molecule has 2 aromatic carbocycles. The van der Waals surface area contributed by atoms with Crippen molar-refractivity contribution in [2.75, 3.05) is 20.8 Å². The second-order valence-electron chi connectivity index (χ2n) is 8.43. The fraction of sp³-hybridized carbons (Fsp3) is 0.222. The van der Waals surface area contributed by atoms with Crippen LogP contribution < -0.4 is 19.1 Å². The molecular weight excluding hydrogens is 462 g/mol. The van der Waals surface area contributed by atoms with Crippen LogP contribution in [-0.2, 0) is 11.3 Å². The number of hydrogen-bond donors (Lipinski definition) is 1. The largest absolute Gasteiger partial charge is 0.868 e. The molecule has 1 unspecified atom stereocenters. The van der Waals surface area contributed by atoms with Gasteiger partial charge in [-0.25, -0.2) is 4.57 Å². The standard InChI is InChI=1S/C27H25N3O6/c1-34-18-8-9-21(35-2)19(15-18)24-23(25(31)22-14-17-6-3-4-7-20(17)36-22)26(32)27(33)30(24)12-5-11-29-13-10-28-16-29/h3-4,6-10,13-16,24H,5,11-12H2,1-2H3,(H,31,32). The lowest BCUT2D eigenvalue weighted by atomic mass is 9.94. The van der Waals surface area contributed by atoms with Crippen molar-refractivity contribution in [2.24, 2.45) is 0 Å². The van der Waals surface area contributed by atoms with Gasteiger partial charge in [0.15, 0.2) is 5.76 Å². The number of nitrogens with zero attached hydrogens (tertiary/aromatic N) is 2. The van der Waals surface area contributed by atoms with Gasteiger partial charge in [-0.05, 0) is 36.1 Å². The Morgan fingerprint density at radius 3 is 2.72 bits per heavy atom. The number of imidazole rings is 1. The monoisotopic (exact) mass is 487 g/mol. The number of nitrogens with one attached hydrogen (secondary N) is 1. The van der Waals surface area contributed by atoms with Gasteiger partial charge < -0.3 is 23.9 Å². The summed E-state index contributed by atoms with van der Waals surface area (Å²) in [6.45, 7) is 0.876. The zero-order valence-electron chi connectivity index (χ0n) is 19.9. The Hall–Kier alpha value is -4.53. The van der Waals surface area contributed by atoms with E-state index in [-0.39, 0.29) is 17.9 Å². The summed E-state index contributed by atoms with van der Waals surface area (Å²) in [6.07, 6.45) is 6.05. The molecule has 0 fully saturated rings. The maximum absolute atomic E-state index is 13.7. The number of Topliss-reactive ketones (excluding diaryl/α,β-unsaturated/α-hetero) is 1. The Kier molecular flexibility index (Phi) is 6.20. The first-order valence-corrected chi connectivity index (χ1v) is 11.5. The van der Waals surface area contributed by atoms with E-state index in [0.717, 1.165) is 5.39 Å². The quantitative estimate of drug-likeness (QED) is 0.287. The number of para-hydroxylation sites is 1. The van der Waals surface area contributed by atoms with E-state index in [4.69, 9.17) is 13.9 Å². The molecule has 9 nitrogen and oxygen atoms in total. The molecule has 1 N–H and O–H groups in total. The summed E-state index contributed by atoms with van der Waals surface area (Å²) in [5.74, 6) is -1.25. The maximum Gasteiger partial charge on any atom is 0.241 e. The minimum Gasteiger partial charge on any atom is -0.868 e. The molecule has 1 aliphatic heterocycles. The molecule has 0 saturated heterocycles. The van der Waals surface area contributed by atoms with Crippen molar-refractivity contribution < 1.29 is 33.2 Å². The van der Waals surface area contributed by atoms with Crippen LogP contribution in [0.15, 0.2) is 83.0 Å². The second kappa shape index (κ2) is 9.61. The number of carbonyl (C=O) groups excluding carboxylic acids is 2. The van der Waals surface area contributed by atoms with Crippen molar-refractivity contribution in [1.29, 1.82) is 0 Å². The Balaban J connectivity index is 1.57. The van der Waals surface area contributed by atoms with E-state index >= 15 is 0 Å². The summed E-state index contributed by atoms with van der Waals surface area (Å²) in [6, 6.07) is 12.9. The van der Waals surface area contributed by atoms with Gasteiger partial charge in [-0.2, -0.15) is 0 Å². The summed E-state index contributed by atoms with van der Waals surface area (Å²) >= 11 is 0. The van der Waals surface area contributed by atoms with Crippen LogP contribution in [0, 0.1) is 0 Å². The Morgan fingerprint density at radius 2 is 2.00 bits per heavy atom. The van der Waals surface area contributed by atoms with Gasteiger partial charge in [-0.3, -0.25) is 14.6 Å². The molecule has 9 heteroatoms. The van der Waals surface area contributed by atoms with Gasteiger partial charge in [0.25, 0.3) is 0 Å². The van der Waals surface area contributed by atoms with E-state index in [1.165, 1.54) is 19.1 Å². The molecule has 1 aliphatic rings. The van der Waals surface area contributed by atoms with Gasteiger partial charge in [0, 0.05) is 29.5 Å². The van der Waals surface area contributed by atoms with Gasteiger partial charge >= 0.3 is 0 Å². The van der Waals surface area contributed by atoms with Gasteiger partial charge in [0.05, 0.1) is 26.8 Å². The zero-order chi connectivity index (χ0) is 25.2. The molecule has 0 bridgehead atoms. The predicted molar refractivity (Wildman–Crippen MR) is 127 cm³/mol. The normalized spacial score (nSPS) is 15.7. The number of aromatic amines is 1. The van der Waals surface area contributed by atoms with E-state index in [1.807, 2.05) is 29.2 Å². The SMILES string of the molecule is COc1ccc(OC)c(C2C(C(=O)c3cc4ccccc4o3)=C([O-])C(=O)N2CCC[n+]2cc[nH]c2)c1. The highest BCUT2D eigenvalue weighted by molar-refractivity contribution is 6.15. The number of H-pyrrole nitrogens is 1. The molecule has 3 heterocycles. The molecule has 0 radical (unpaired) electrons. The third kappa shape index (κ3) is 4.08. The lowest BCUT2D eigenvalue weighted by molar-refractivity contribution is -0.695. The van der Waals surface area contributed by atoms with Crippen LogP contribution in [-0.4, -0.2) is 42.3 Å². The van der Waals surface area contributed by atoms with Crippen LogP contribution in [0.1, 0.15) is 28.6 Å². The van der Waals surface area contributed by atoms with Crippen LogP contribution >= 0.6 is 0 Å². The molecule has 0 spiro atoms.